The summed E-state index contributed by atoms with van der Waals surface area (Å²) in [5.41, 5.74) is 1.04. The van der Waals surface area contributed by atoms with E-state index in [1.54, 1.807) is 6.92 Å². The van der Waals surface area contributed by atoms with E-state index >= 15 is 0 Å². The minimum atomic E-state index is -2.39. The quantitative estimate of drug-likeness (QED) is 0.899. The summed E-state index contributed by atoms with van der Waals surface area (Å²) in [4.78, 5) is 12.8. The monoisotopic (exact) mass is 317 g/mol. The van der Waals surface area contributed by atoms with E-state index in [2.05, 4.69) is 26.3 Å². The Kier molecular flexibility index (Phi) is 3.46. The van der Waals surface area contributed by atoms with Crippen molar-refractivity contribution in [3.8, 4) is 6.07 Å². The van der Waals surface area contributed by atoms with Gasteiger partial charge in [0.05, 0.1) is 12.3 Å². The van der Waals surface area contributed by atoms with E-state index < -0.39 is 13.1 Å². The fourth-order valence-corrected chi connectivity index (χ4v) is 3.36. The van der Waals surface area contributed by atoms with Crippen LogP contribution in [0.2, 0.25) is 0 Å². The average Bonchev–Trinajstić information content (AvgIpc) is 2.93. The first-order valence-electron chi connectivity index (χ1n) is 9.36. The fraction of sp³-hybridized carbons (Fsp3) is 0.625. The zero-order valence-electron chi connectivity index (χ0n) is 16.0. The Morgan fingerprint density at radius 1 is 1.48 bits per heavy atom. The second-order valence-corrected chi connectivity index (χ2v) is 6.08. The van der Waals surface area contributed by atoms with Crippen molar-refractivity contribution in [1.29, 1.82) is 5.26 Å². The number of rotatable bonds is 4. The lowest BCUT2D eigenvalue weighted by Crippen LogP contribution is -2.21. The van der Waals surface area contributed by atoms with Crippen molar-refractivity contribution < 1.29 is 9.22 Å². The minimum absolute atomic E-state index is 0.00830. The molecule has 0 aromatic carbocycles. The van der Waals surface area contributed by atoms with Crippen molar-refractivity contribution >= 4 is 17.1 Å². The lowest BCUT2D eigenvalue weighted by molar-refractivity contribution is 0.175. The second-order valence-electron chi connectivity index (χ2n) is 6.08. The van der Waals surface area contributed by atoms with Gasteiger partial charge in [0.25, 0.3) is 0 Å². The summed E-state index contributed by atoms with van der Waals surface area (Å²) in [6.07, 6.45) is 4.86. The van der Waals surface area contributed by atoms with E-state index in [1.807, 2.05) is 4.57 Å². The van der Waals surface area contributed by atoms with E-state index in [0.29, 0.717) is 29.3 Å². The van der Waals surface area contributed by atoms with Crippen LogP contribution in [0.4, 0.5) is 5.95 Å². The van der Waals surface area contributed by atoms with Crippen molar-refractivity contribution in [2.45, 2.75) is 51.2 Å². The number of imidazole rings is 1. The van der Waals surface area contributed by atoms with Crippen LogP contribution in [0.1, 0.15) is 61.1 Å². The molecule has 2 heterocycles. The number of hydrogen-bond acceptors (Lipinski definition) is 6. The number of nitrogens with zero attached hydrogens (tertiary/aromatic N) is 5. The van der Waals surface area contributed by atoms with Gasteiger partial charge in [-0.25, -0.2) is 9.97 Å². The number of aliphatic hydroxyl groups excluding tert-OH is 1. The Bertz CT molecular complexity index is 818. The zero-order chi connectivity index (χ0) is 18.9. The molecular weight excluding hydrogens is 292 g/mol. The van der Waals surface area contributed by atoms with Crippen LogP contribution in [-0.4, -0.2) is 31.6 Å². The van der Waals surface area contributed by atoms with Gasteiger partial charge in [-0.05, 0) is 38.5 Å². The highest BCUT2D eigenvalue weighted by molar-refractivity contribution is 5.72. The molecule has 7 heteroatoms. The highest BCUT2D eigenvalue weighted by atomic mass is 16.3. The van der Waals surface area contributed by atoms with Gasteiger partial charge in [-0.3, -0.25) is 0 Å². The largest absolute Gasteiger partial charge is 0.385 e. The minimum Gasteiger partial charge on any atom is -0.385 e. The first-order valence-corrected chi connectivity index (χ1v) is 7.86. The summed E-state index contributed by atoms with van der Waals surface area (Å²) in [6, 6.07) is 2.34. The molecule has 1 atom stereocenters. The van der Waals surface area contributed by atoms with Gasteiger partial charge in [0.1, 0.15) is 17.4 Å². The molecule has 3 rings (SSSR count). The van der Waals surface area contributed by atoms with Gasteiger partial charge in [-0.2, -0.15) is 10.2 Å². The van der Waals surface area contributed by atoms with Crippen molar-refractivity contribution in [2.24, 2.45) is 5.92 Å². The number of aromatic nitrogens is 4. The predicted molar refractivity (Wildman–Crippen MR) is 86.7 cm³/mol. The Labute approximate surface area is 139 Å². The molecule has 2 aromatic heterocycles. The molecule has 1 aliphatic carbocycles. The number of aliphatic hydroxyl groups is 1. The van der Waals surface area contributed by atoms with E-state index in [4.69, 9.17) is 9.37 Å². The van der Waals surface area contributed by atoms with Crippen molar-refractivity contribution in [3.63, 3.8) is 0 Å². The van der Waals surface area contributed by atoms with Crippen LogP contribution in [0.15, 0.2) is 6.20 Å². The van der Waals surface area contributed by atoms with Crippen molar-refractivity contribution in [1.82, 2.24) is 19.5 Å². The molecule has 0 bridgehead atoms. The lowest BCUT2D eigenvalue weighted by Gasteiger charge is -2.29. The van der Waals surface area contributed by atoms with Gasteiger partial charge in [0.2, 0.25) is 5.95 Å². The SMILES string of the molecule is [2H]C([2H])([2H])Nc1ncc2nc(C(C)O)n([C@H]3CC[C@H](CC#N)CC3)c2n1. The van der Waals surface area contributed by atoms with Crippen LogP contribution in [0.5, 0.6) is 0 Å². The topological polar surface area (TPSA) is 99.7 Å². The van der Waals surface area contributed by atoms with Crippen LogP contribution >= 0.6 is 0 Å². The molecule has 1 saturated carbocycles. The molecule has 1 aliphatic rings. The van der Waals surface area contributed by atoms with Gasteiger partial charge in [0.15, 0.2) is 5.65 Å². The Hall–Kier alpha value is -2.20. The lowest BCUT2D eigenvalue weighted by atomic mass is 9.84. The van der Waals surface area contributed by atoms with Gasteiger partial charge in [-0.15, -0.1) is 0 Å². The highest BCUT2D eigenvalue weighted by Crippen LogP contribution is 2.37. The molecule has 23 heavy (non-hydrogen) atoms. The van der Waals surface area contributed by atoms with Crippen LogP contribution in [0, 0.1) is 17.2 Å². The van der Waals surface area contributed by atoms with Gasteiger partial charge in [0, 0.05) is 23.6 Å². The third kappa shape index (κ3) is 2.99. The maximum atomic E-state index is 10.1. The highest BCUT2D eigenvalue weighted by Gasteiger charge is 2.27. The first-order chi connectivity index (χ1) is 12.3. The third-order valence-corrected chi connectivity index (χ3v) is 4.51. The van der Waals surface area contributed by atoms with E-state index in [0.717, 1.165) is 25.7 Å². The maximum absolute atomic E-state index is 10.1. The molecule has 2 aromatic rings. The number of hydrogen-bond donors (Lipinski definition) is 2. The molecule has 122 valence electrons. The average molecular weight is 317 g/mol. The normalized spacial score (nSPS) is 25.2. The molecule has 0 saturated heterocycles. The smallest absolute Gasteiger partial charge is 0.224 e. The molecule has 0 aliphatic heterocycles. The number of nitrogens with one attached hydrogen (secondary N) is 1. The zero-order valence-corrected chi connectivity index (χ0v) is 13.0. The summed E-state index contributed by atoms with van der Waals surface area (Å²) in [5.74, 6) is 0.918. The summed E-state index contributed by atoms with van der Waals surface area (Å²) in [5, 5.41) is 21.3. The summed E-state index contributed by atoms with van der Waals surface area (Å²) in [7, 11) is 0. The van der Waals surface area contributed by atoms with Crippen LogP contribution in [0.25, 0.3) is 11.2 Å². The fourth-order valence-electron chi connectivity index (χ4n) is 3.36. The van der Waals surface area contributed by atoms with Crippen LogP contribution in [-0.2, 0) is 0 Å². The van der Waals surface area contributed by atoms with Gasteiger partial charge < -0.3 is 15.0 Å². The Morgan fingerprint density at radius 2 is 2.26 bits per heavy atom. The number of nitriles is 1. The molecule has 2 N–H and O–H groups in total. The summed E-state index contributed by atoms with van der Waals surface area (Å²) >= 11 is 0. The Balaban J connectivity index is 1.97. The molecule has 0 radical (unpaired) electrons. The van der Waals surface area contributed by atoms with E-state index in [-0.39, 0.29) is 12.0 Å². The van der Waals surface area contributed by atoms with Crippen molar-refractivity contribution in [3.05, 3.63) is 12.0 Å². The Morgan fingerprint density at radius 3 is 2.91 bits per heavy atom. The van der Waals surface area contributed by atoms with Crippen LogP contribution < -0.4 is 5.32 Å². The third-order valence-electron chi connectivity index (χ3n) is 4.51. The number of fused-ring (bicyclic) bond motifs is 1. The number of anilines is 1. The molecule has 7 nitrogen and oxygen atoms in total. The predicted octanol–water partition coefficient (Wildman–Crippen LogP) is 2.57. The van der Waals surface area contributed by atoms with E-state index in [1.165, 1.54) is 6.20 Å². The summed E-state index contributed by atoms with van der Waals surface area (Å²) < 4.78 is 23.9. The van der Waals surface area contributed by atoms with Crippen LogP contribution in [0.3, 0.4) is 0 Å². The maximum Gasteiger partial charge on any atom is 0.224 e. The van der Waals surface area contributed by atoms with Gasteiger partial charge >= 0.3 is 0 Å². The molecule has 1 fully saturated rings. The molecule has 0 amide bonds. The first kappa shape index (κ1) is 12.3. The van der Waals surface area contributed by atoms with Crippen molar-refractivity contribution in [2.75, 3.05) is 12.3 Å². The van der Waals surface area contributed by atoms with E-state index in [9.17, 15) is 5.11 Å². The molecule has 1 unspecified atom stereocenters. The molecular formula is C16H22N6O. The standard InChI is InChI=1S/C16H22N6O/c1-10(23)14-20-13-9-19-16(18-2)21-15(13)22(14)12-5-3-11(4-6-12)7-8-17/h9-12,23H,3-7H2,1-2H3,(H,18,19,21)/t10?,11-,12-/i2D3. The van der Waals surface area contributed by atoms with Gasteiger partial charge in [-0.1, -0.05) is 0 Å². The molecule has 0 spiro atoms. The second kappa shape index (κ2) is 6.50. The summed E-state index contributed by atoms with van der Waals surface area (Å²) in [6.45, 7) is -0.741.